The van der Waals surface area contributed by atoms with Gasteiger partial charge >= 0.3 is 0 Å². The van der Waals surface area contributed by atoms with Crippen molar-refractivity contribution in [2.75, 3.05) is 25.6 Å². The van der Waals surface area contributed by atoms with E-state index in [1.54, 1.807) is 30.2 Å². The van der Waals surface area contributed by atoms with E-state index in [0.717, 1.165) is 48.2 Å². The molecule has 7 heteroatoms. The van der Waals surface area contributed by atoms with Crippen molar-refractivity contribution in [1.29, 1.82) is 0 Å². The van der Waals surface area contributed by atoms with Crippen LogP contribution < -0.4 is 5.32 Å². The zero-order valence-corrected chi connectivity index (χ0v) is 18.0. The first-order chi connectivity index (χ1) is 12.5. The van der Waals surface area contributed by atoms with Crippen LogP contribution in [-0.4, -0.2) is 41.1 Å². The molecule has 0 amide bonds. The Morgan fingerprint density at radius 2 is 2.19 bits per heavy atom. The molecular weight excluding hydrogens is 366 g/mol. The number of methoxy groups -OCH3 is 1. The average Bonchev–Trinajstić information content (AvgIpc) is 2.95. The maximum atomic E-state index is 6.14. The Balaban J connectivity index is 2.00. The summed E-state index contributed by atoms with van der Waals surface area (Å²) in [5.41, 5.74) is 1.27. The van der Waals surface area contributed by atoms with Crippen molar-refractivity contribution in [2.45, 2.75) is 69.6 Å². The van der Waals surface area contributed by atoms with Gasteiger partial charge in [0.25, 0.3) is 0 Å². The van der Waals surface area contributed by atoms with Crippen LogP contribution in [0.4, 0.5) is 5.82 Å². The fraction of sp³-hybridized carbons (Fsp3) is 0.684. The van der Waals surface area contributed by atoms with E-state index in [0.29, 0.717) is 11.9 Å². The minimum atomic E-state index is -0.0975. The standard InChI is InChI=1S/C19H29N3O2S2/c1-6-19(4)10-13-14(11-24-19)26-17-15(13)16(20-8-7-9-23-5)21-18(22-17)25-12(2)3/h12H,6-11H2,1-5H3,(H,20,21,22)/t19-/m1/s1. The van der Waals surface area contributed by atoms with E-state index < -0.39 is 0 Å². The van der Waals surface area contributed by atoms with Crippen molar-refractivity contribution < 1.29 is 9.47 Å². The van der Waals surface area contributed by atoms with Crippen molar-refractivity contribution in [3.05, 3.63) is 10.4 Å². The van der Waals surface area contributed by atoms with Crippen LogP contribution >= 0.6 is 23.1 Å². The topological polar surface area (TPSA) is 56.3 Å². The summed E-state index contributed by atoms with van der Waals surface area (Å²) in [7, 11) is 1.74. The number of fused-ring (bicyclic) bond motifs is 3. The predicted octanol–water partition coefficient (Wildman–Crippen LogP) is 4.88. The molecule has 0 saturated carbocycles. The van der Waals surface area contributed by atoms with Gasteiger partial charge in [0, 0.05) is 36.8 Å². The number of aromatic nitrogens is 2. The highest BCUT2D eigenvalue weighted by atomic mass is 32.2. The molecule has 0 unspecified atom stereocenters. The van der Waals surface area contributed by atoms with Crippen LogP contribution in [0.2, 0.25) is 0 Å². The average molecular weight is 396 g/mol. The fourth-order valence-corrected chi connectivity index (χ4v) is 4.96. The van der Waals surface area contributed by atoms with E-state index in [-0.39, 0.29) is 5.60 Å². The monoisotopic (exact) mass is 395 g/mol. The molecule has 0 fully saturated rings. The molecule has 0 radical (unpaired) electrons. The number of nitrogens with zero attached hydrogens (tertiary/aromatic N) is 2. The van der Waals surface area contributed by atoms with Crippen molar-refractivity contribution in [1.82, 2.24) is 9.97 Å². The second kappa shape index (κ2) is 8.42. The van der Waals surface area contributed by atoms with Gasteiger partial charge in [0.1, 0.15) is 10.6 Å². The van der Waals surface area contributed by atoms with Crippen LogP contribution in [0.15, 0.2) is 5.16 Å². The third-order valence-electron chi connectivity index (χ3n) is 4.72. The summed E-state index contributed by atoms with van der Waals surface area (Å²) in [4.78, 5) is 12.1. The number of ether oxygens (including phenoxy) is 2. The molecule has 3 rings (SSSR count). The largest absolute Gasteiger partial charge is 0.385 e. The van der Waals surface area contributed by atoms with E-state index in [2.05, 4.69) is 33.0 Å². The van der Waals surface area contributed by atoms with Gasteiger partial charge in [-0.25, -0.2) is 9.97 Å². The molecule has 1 aliphatic rings. The van der Waals surface area contributed by atoms with Gasteiger partial charge in [-0.15, -0.1) is 11.3 Å². The van der Waals surface area contributed by atoms with Gasteiger partial charge in [0.15, 0.2) is 5.16 Å². The normalized spacial score (nSPS) is 19.9. The molecule has 2 aromatic heterocycles. The third-order valence-corrected chi connectivity index (χ3v) is 6.69. The number of rotatable bonds is 8. The van der Waals surface area contributed by atoms with Gasteiger partial charge in [-0.05, 0) is 25.3 Å². The highest BCUT2D eigenvalue weighted by Crippen LogP contribution is 2.42. The number of hydrogen-bond acceptors (Lipinski definition) is 7. The second-order valence-electron chi connectivity index (χ2n) is 7.25. The zero-order valence-electron chi connectivity index (χ0n) is 16.3. The van der Waals surface area contributed by atoms with Gasteiger partial charge in [0.05, 0.1) is 17.6 Å². The molecule has 26 heavy (non-hydrogen) atoms. The van der Waals surface area contributed by atoms with Gasteiger partial charge in [-0.2, -0.15) is 0 Å². The van der Waals surface area contributed by atoms with E-state index in [1.807, 2.05) is 0 Å². The quantitative estimate of drug-likeness (QED) is 0.390. The predicted molar refractivity (Wildman–Crippen MR) is 111 cm³/mol. The van der Waals surface area contributed by atoms with E-state index in [1.165, 1.54) is 15.8 Å². The summed E-state index contributed by atoms with van der Waals surface area (Å²) in [6.07, 6.45) is 2.88. The van der Waals surface area contributed by atoms with Crippen molar-refractivity contribution >= 4 is 39.1 Å². The van der Waals surface area contributed by atoms with Gasteiger partial charge in [-0.3, -0.25) is 0 Å². The Kier molecular flexibility index (Phi) is 6.43. The smallest absolute Gasteiger partial charge is 0.191 e. The van der Waals surface area contributed by atoms with Gasteiger partial charge < -0.3 is 14.8 Å². The third kappa shape index (κ3) is 4.32. The minimum absolute atomic E-state index is 0.0975. The fourth-order valence-electron chi connectivity index (χ4n) is 3.09. The summed E-state index contributed by atoms with van der Waals surface area (Å²) >= 11 is 3.47. The lowest BCUT2D eigenvalue weighted by Crippen LogP contribution is -2.34. The zero-order chi connectivity index (χ0) is 18.7. The Labute approximate surface area is 164 Å². The Hall–Kier alpha value is -0.890. The molecule has 1 atom stereocenters. The molecule has 1 aliphatic heterocycles. The molecule has 144 valence electrons. The Bertz CT molecular complexity index is 763. The van der Waals surface area contributed by atoms with Crippen molar-refractivity contribution in [2.24, 2.45) is 0 Å². The number of nitrogens with one attached hydrogen (secondary N) is 1. The number of thiophene rings is 1. The summed E-state index contributed by atoms with van der Waals surface area (Å²) in [5.74, 6) is 0.965. The van der Waals surface area contributed by atoms with Crippen molar-refractivity contribution in [3.8, 4) is 0 Å². The molecule has 2 aromatic rings. The molecule has 0 aliphatic carbocycles. The molecule has 0 aromatic carbocycles. The molecule has 0 bridgehead atoms. The Morgan fingerprint density at radius 3 is 2.88 bits per heavy atom. The summed E-state index contributed by atoms with van der Waals surface area (Å²) < 4.78 is 11.3. The maximum absolute atomic E-state index is 6.14. The summed E-state index contributed by atoms with van der Waals surface area (Å²) in [5, 5.41) is 6.03. The lowest BCUT2D eigenvalue weighted by molar-refractivity contribution is -0.0542. The van der Waals surface area contributed by atoms with Crippen LogP contribution in [0, 0.1) is 0 Å². The summed E-state index contributed by atoms with van der Waals surface area (Å²) in [6.45, 7) is 11.0. The summed E-state index contributed by atoms with van der Waals surface area (Å²) in [6, 6.07) is 0. The first-order valence-corrected chi connectivity index (χ1v) is 11.0. The molecular formula is C19H29N3O2S2. The maximum Gasteiger partial charge on any atom is 0.191 e. The van der Waals surface area contributed by atoms with Crippen LogP contribution in [0.3, 0.4) is 0 Å². The van der Waals surface area contributed by atoms with Gasteiger partial charge in [0.2, 0.25) is 0 Å². The Morgan fingerprint density at radius 1 is 1.38 bits per heavy atom. The highest BCUT2D eigenvalue weighted by molar-refractivity contribution is 7.99. The molecule has 0 spiro atoms. The SMILES string of the molecule is CC[C@]1(C)Cc2c(sc3nc(SC(C)C)nc(NCCCOC)c23)CO1. The molecule has 3 heterocycles. The second-order valence-corrected chi connectivity index (χ2v) is 9.87. The molecule has 5 nitrogen and oxygen atoms in total. The van der Waals surface area contributed by atoms with Crippen LogP contribution in [0.5, 0.6) is 0 Å². The highest BCUT2D eigenvalue weighted by Gasteiger charge is 2.33. The van der Waals surface area contributed by atoms with Crippen LogP contribution in [-0.2, 0) is 22.5 Å². The van der Waals surface area contributed by atoms with E-state index in [4.69, 9.17) is 19.4 Å². The van der Waals surface area contributed by atoms with E-state index >= 15 is 0 Å². The van der Waals surface area contributed by atoms with Gasteiger partial charge in [-0.1, -0.05) is 32.5 Å². The number of thioether (sulfide) groups is 1. The minimum Gasteiger partial charge on any atom is -0.385 e. The number of hydrogen-bond donors (Lipinski definition) is 1. The number of anilines is 1. The first kappa shape index (κ1) is 19.9. The van der Waals surface area contributed by atoms with Crippen LogP contribution in [0.1, 0.15) is 51.0 Å². The van der Waals surface area contributed by atoms with Crippen LogP contribution in [0.25, 0.3) is 10.2 Å². The lowest BCUT2D eigenvalue weighted by Gasteiger charge is -2.33. The first-order valence-electron chi connectivity index (χ1n) is 9.31. The van der Waals surface area contributed by atoms with E-state index in [9.17, 15) is 0 Å². The molecule has 1 N–H and O–H groups in total. The van der Waals surface area contributed by atoms with Crippen molar-refractivity contribution in [3.63, 3.8) is 0 Å². The lowest BCUT2D eigenvalue weighted by atomic mass is 9.90. The molecule has 0 saturated heterocycles.